The fourth-order valence-corrected chi connectivity index (χ4v) is 2.94. The van der Waals surface area contributed by atoms with E-state index >= 15 is 0 Å². The molecule has 7 heteroatoms. The zero-order valence-electron chi connectivity index (χ0n) is 12.5. The van der Waals surface area contributed by atoms with Gasteiger partial charge in [-0.2, -0.15) is 0 Å². The summed E-state index contributed by atoms with van der Waals surface area (Å²) in [5.41, 5.74) is 1.49. The molecule has 1 aliphatic rings. The second kappa shape index (κ2) is 6.14. The summed E-state index contributed by atoms with van der Waals surface area (Å²) in [7, 11) is 0. The van der Waals surface area contributed by atoms with Gasteiger partial charge in [0.25, 0.3) is 11.5 Å². The van der Waals surface area contributed by atoms with E-state index in [1.54, 1.807) is 31.2 Å². The fraction of sp³-hybridized carbons (Fsp3) is 0.312. The standard InChI is InChI=1S/C16H16ClN3O3/c1-9-18-13-8-20(6-5-12(13)15(22)19-9)16(23)14(21)10-3-2-4-11(17)7-10/h2-4,7,14,21H,5-6,8H2,1H3,(H,18,19,22)/t14-/m1/s1. The van der Waals surface area contributed by atoms with Gasteiger partial charge in [-0.15, -0.1) is 0 Å². The van der Waals surface area contributed by atoms with Gasteiger partial charge in [-0.05, 0) is 31.0 Å². The highest BCUT2D eigenvalue weighted by molar-refractivity contribution is 6.30. The number of aryl methyl sites for hydroxylation is 1. The third-order valence-electron chi connectivity index (χ3n) is 3.90. The maximum absolute atomic E-state index is 12.5. The van der Waals surface area contributed by atoms with E-state index in [4.69, 9.17) is 11.6 Å². The molecule has 2 aromatic rings. The Bertz CT molecular complexity index is 818. The third-order valence-corrected chi connectivity index (χ3v) is 4.14. The van der Waals surface area contributed by atoms with Crippen LogP contribution in [0.15, 0.2) is 29.1 Å². The van der Waals surface area contributed by atoms with Gasteiger partial charge in [0.1, 0.15) is 5.82 Å². The molecule has 2 heterocycles. The molecule has 0 saturated heterocycles. The second-order valence-corrected chi connectivity index (χ2v) is 5.98. The molecule has 1 atom stereocenters. The van der Waals surface area contributed by atoms with Crippen molar-refractivity contribution in [3.05, 3.63) is 62.3 Å². The molecule has 0 radical (unpaired) electrons. The van der Waals surface area contributed by atoms with Crippen LogP contribution in [0.3, 0.4) is 0 Å². The highest BCUT2D eigenvalue weighted by Crippen LogP contribution is 2.22. The van der Waals surface area contributed by atoms with Crippen LogP contribution in [0.1, 0.15) is 28.7 Å². The summed E-state index contributed by atoms with van der Waals surface area (Å²) in [6.45, 7) is 2.29. The van der Waals surface area contributed by atoms with Crippen molar-refractivity contribution in [3.8, 4) is 0 Å². The van der Waals surface area contributed by atoms with Crippen LogP contribution in [0, 0.1) is 6.92 Å². The predicted octanol–water partition coefficient (Wildman–Crippen LogP) is 1.35. The molecule has 0 saturated carbocycles. The van der Waals surface area contributed by atoms with Crippen LogP contribution in [-0.2, 0) is 17.8 Å². The molecule has 2 N–H and O–H groups in total. The summed E-state index contributed by atoms with van der Waals surface area (Å²) in [4.78, 5) is 32.9. The van der Waals surface area contributed by atoms with Crippen molar-refractivity contribution < 1.29 is 9.90 Å². The molecule has 0 aliphatic carbocycles. The average Bonchev–Trinajstić information content (AvgIpc) is 2.52. The van der Waals surface area contributed by atoms with Crippen molar-refractivity contribution in [2.24, 2.45) is 0 Å². The van der Waals surface area contributed by atoms with Crippen LogP contribution in [-0.4, -0.2) is 32.4 Å². The molecular formula is C16H16ClN3O3. The summed E-state index contributed by atoms with van der Waals surface area (Å²) < 4.78 is 0. The van der Waals surface area contributed by atoms with Gasteiger partial charge in [0.05, 0.1) is 12.2 Å². The van der Waals surface area contributed by atoms with Crippen molar-refractivity contribution in [1.82, 2.24) is 14.9 Å². The lowest BCUT2D eigenvalue weighted by molar-refractivity contribution is -0.141. The quantitative estimate of drug-likeness (QED) is 0.868. The molecule has 120 valence electrons. The minimum absolute atomic E-state index is 0.157. The molecule has 0 unspecified atom stereocenters. The minimum atomic E-state index is -1.28. The molecule has 6 nitrogen and oxygen atoms in total. The van der Waals surface area contributed by atoms with E-state index in [1.807, 2.05) is 0 Å². The minimum Gasteiger partial charge on any atom is -0.378 e. The molecule has 1 aromatic heterocycles. The Hall–Kier alpha value is -2.18. The molecular weight excluding hydrogens is 318 g/mol. The molecule has 0 fully saturated rings. The van der Waals surface area contributed by atoms with Gasteiger partial charge in [0.2, 0.25) is 0 Å². The Morgan fingerprint density at radius 2 is 2.26 bits per heavy atom. The number of H-pyrrole nitrogens is 1. The summed E-state index contributed by atoms with van der Waals surface area (Å²) >= 11 is 5.90. The molecule has 0 spiro atoms. The fourth-order valence-electron chi connectivity index (χ4n) is 2.74. The van der Waals surface area contributed by atoms with E-state index in [2.05, 4.69) is 9.97 Å². The number of amides is 1. The van der Waals surface area contributed by atoms with Gasteiger partial charge >= 0.3 is 0 Å². The van der Waals surface area contributed by atoms with Crippen LogP contribution in [0.25, 0.3) is 0 Å². The number of aliphatic hydroxyl groups is 1. The molecule has 1 amide bonds. The summed E-state index contributed by atoms with van der Waals surface area (Å²) in [5, 5.41) is 10.7. The number of aromatic amines is 1. The Morgan fingerprint density at radius 1 is 1.48 bits per heavy atom. The van der Waals surface area contributed by atoms with E-state index in [-0.39, 0.29) is 12.1 Å². The number of carbonyl (C=O) groups is 1. The van der Waals surface area contributed by atoms with E-state index in [9.17, 15) is 14.7 Å². The van der Waals surface area contributed by atoms with Crippen molar-refractivity contribution in [2.75, 3.05) is 6.54 Å². The van der Waals surface area contributed by atoms with E-state index in [0.29, 0.717) is 40.6 Å². The number of hydrogen-bond donors (Lipinski definition) is 2. The molecule has 23 heavy (non-hydrogen) atoms. The first-order valence-corrected chi connectivity index (χ1v) is 7.64. The Labute approximate surface area is 137 Å². The van der Waals surface area contributed by atoms with Crippen LogP contribution < -0.4 is 5.56 Å². The molecule has 3 rings (SSSR count). The lowest BCUT2D eigenvalue weighted by atomic mass is 10.0. The Kier molecular flexibility index (Phi) is 4.19. The van der Waals surface area contributed by atoms with E-state index in [1.165, 1.54) is 4.90 Å². The number of carbonyl (C=O) groups excluding carboxylic acids is 1. The number of rotatable bonds is 2. The summed E-state index contributed by atoms with van der Waals surface area (Å²) in [5.74, 6) is 0.0936. The van der Waals surface area contributed by atoms with Gasteiger partial charge < -0.3 is 15.0 Å². The van der Waals surface area contributed by atoms with Gasteiger partial charge in [0, 0.05) is 17.1 Å². The van der Waals surface area contributed by atoms with Crippen LogP contribution >= 0.6 is 11.6 Å². The van der Waals surface area contributed by atoms with E-state index < -0.39 is 12.0 Å². The van der Waals surface area contributed by atoms with Crippen molar-refractivity contribution >= 4 is 17.5 Å². The highest BCUT2D eigenvalue weighted by atomic mass is 35.5. The predicted molar refractivity (Wildman–Crippen MR) is 85.1 cm³/mol. The second-order valence-electron chi connectivity index (χ2n) is 5.54. The highest BCUT2D eigenvalue weighted by Gasteiger charge is 2.28. The van der Waals surface area contributed by atoms with E-state index in [0.717, 1.165) is 0 Å². The molecule has 1 aromatic carbocycles. The number of benzene rings is 1. The van der Waals surface area contributed by atoms with Gasteiger partial charge in [-0.3, -0.25) is 9.59 Å². The Morgan fingerprint density at radius 3 is 3.00 bits per heavy atom. The van der Waals surface area contributed by atoms with Crippen LogP contribution in [0.4, 0.5) is 0 Å². The van der Waals surface area contributed by atoms with Crippen molar-refractivity contribution in [2.45, 2.75) is 26.0 Å². The normalized spacial score (nSPS) is 15.2. The number of aromatic nitrogens is 2. The number of halogens is 1. The lowest BCUT2D eigenvalue weighted by Crippen LogP contribution is -2.41. The molecule has 0 bridgehead atoms. The number of aliphatic hydroxyl groups excluding tert-OH is 1. The number of fused-ring (bicyclic) bond motifs is 1. The Balaban J connectivity index is 1.83. The molecule has 1 aliphatic heterocycles. The first-order valence-electron chi connectivity index (χ1n) is 7.26. The van der Waals surface area contributed by atoms with Gasteiger partial charge in [0.15, 0.2) is 6.10 Å². The van der Waals surface area contributed by atoms with Gasteiger partial charge in [-0.1, -0.05) is 23.7 Å². The van der Waals surface area contributed by atoms with Crippen molar-refractivity contribution in [1.29, 1.82) is 0 Å². The SMILES string of the molecule is Cc1nc2c(c(=O)[nH]1)CCN(C(=O)[C@H](O)c1cccc(Cl)c1)C2. The summed E-state index contributed by atoms with van der Waals surface area (Å²) in [6.07, 6.45) is -0.857. The first kappa shape index (κ1) is 15.7. The largest absolute Gasteiger partial charge is 0.378 e. The average molecular weight is 334 g/mol. The number of hydrogen-bond acceptors (Lipinski definition) is 4. The lowest BCUT2D eigenvalue weighted by Gasteiger charge is -2.29. The topological polar surface area (TPSA) is 86.3 Å². The van der Waals surface area contributed by atoms with Crippen LogP contribution in [0.5, 0.6) is 0 Å². The maximum atomic E-state index is 12.5. The number of nitrogens with one attached hydrogen (secondary N) is 1. The number of nitrogens with zero attached hydrogens (tertiary/aromatic N) is 2. The van der Waals surface area contributed by atoms with Crippen molar-refractivity contribution in [3.63, 3.8) is 0 Å². The smallest absolute Gasteiger partial charge is 0.256 e. The monoisotopic (exact) mass is 333 g/mol. The third kappa shape index (κ3) is 3.13. The van der Waals surface area contributed by atoms with Gasteiger partial charge in [-0.25, -0.2) is 4.98 Å². The zero-order valence-corrected chi connectivity index (χ0v) is 13.3. The first-order chi connectivity index (χ1) is 11.0. The summed E-state index contributed by atoms with van der Waals surface area (Å²) in [6, 6.07) is 6.58. The zero-order chi connectivity index (χ0) is 16.6. The van der Waals surface area contributed by atoms with Crippen LogP contribution in [0.2, 0.25) is 5.02 Å². The maximum Gasteiger partial charge on any atom is 0.256 e.